The van der Waals surface area contributed by atoms with Crippen molar-refractivity contribution in [3.05, 3.63) is 28.5 Å². The average Bonchev–Trinajstić information content (AvgIpc) is 3.19. The van der Waals surface area contributed by atoms with Gasteiger partial charge < -0.3 is 9.80 Å². The zero-order chi connectivity index (χ0) is 13.8. The van der Waals surface area contributed by atoms with Crippen LogP contribution in [0.2, 0.25) is 0 Å². The van der Waals surface area contributed by atoms with Gasteiger partial charge in [-0.25, -0.2) is 0 Å². The van der Waals surface area contributed by atoms with E-state index in [0.717, 1.165) is 30.8 Å². The van der Waals surface area contributed by atoms with Gasteiger partial charge in [0.2, 0.25) is 5.91 Å². The van der Waals surface area contributed by atoms with Crippen LogP contribution in [0.5, 0.6) is 0 Å². The predicted molar refractivity (Wildman–Crippen MR) is 83.8 cm³/mol. The highest BCUT2D eigenvalue weighted by molar-refractivity contribution is 7.10. The molecule has 0 N–H and O–H groups in total. The molecule has 4 heteroatoms. The molecule has 1 aromatic heterocycles. The van der Waals surface area contributed by atoms with E-state index in [2.05, 4.69) is 9.80 Å². The number of nitrogens with zero attached hydrogens (tertiary/aromatic N) is 2. The molecule has 0 radical (unpaired) electrons. The van der Waals surface area contributed by atoms with Gasteiger partial charge >= 0.3 is 0 Å². The molecule has 2 saturated heterocycles. The van der Waals surface area contributed by atoms with Crippen molar-refractivity contribution in [3.63, 3.8) is 0 Å². The number of amides is 1. The van der Waals surface area contributed by atoms with Crippen LogP contribution in [0.3, 0.4) is 0 Å². The van der Waals surface area contributed by atoms with Crippen molar-refractivity contribution in [2.24, 2.45) is 0 Å². The van der Waals surface area contributed by atoms with E-state index in [1.54, 1.807) is 17.4 Å². The van der Waals surface area contributed by atoms with Crippen LogP contribution in [-0.2, 0) is 4.79 Å². The van der Waals surface area contributed by atoms with Crippen molar-refractivity contribution in [2.75, 3.05) is 26.2 Å². The van der Waals surface area contributed by atoms with Gasteiger partial charge in [0.25, 0.3) is 0 Å². The summed E-state index contributed by atoms with van der Waals surface area (Å²) in [6, 6.07) is 4.48. The van der Waals surface area contributed by atoms with Crippen LogP contribution in [0.25, 0.3) is 6.08 Å². The monoisotopic (exact) mass is 290 g/mol. The van der Waals surface area contributed by atoms with Gasteiger partial charge in [-0.2, -0.15) is 0 Å². The van der Waals surface area contributed by atoms with Crippen molar-refractivity contribution >= 4 is 23.3 Å². The zero-order valence-electron chi connectivity index (χ0n) is 11.8. The molecule has 0 saturated carbocycles. The first-order chi connectivity index (χ1) is 9.83. The van der Waals surface area contributed by atoms with E-state index < -0.39 is 0 Å². The Kier molecular flexibility index (Phi) is 4.53. The first-order valence-electron chi connectivity index (χ1n) is 7.57. The number of likely N-dealkylation sites (tertiary alicyclic amines) is 2. The molecular weight excluding hydrogens is 268 g/mol. The molecule has 1 atom stereocenters. The van der Waals surface area contributed by atoms with E-state index in [4.69, 9.17) is 0 Å². The van der Waals surface area contributed by atoms with E-state index in [0.29, 0.717) is 6.04 Å². The van der Waals surface area contributed by atoms with Crippen LogP contribution in [0, 0.1) is 0 Å². The van der Waals surface area contributed by atoms with Crippen LogP contribution in [-0.4, -0.2) is 47.9 Å². The summed E-state index contributed by atoms with van der Waals surface area (Å²) >= 11 is 1.67. The molecule has 0 bridgehead atoms. The minimum Gasteiger partial charge on any atom is -0.335 e. The number of carbonyl (C=O) groups excluding carboxylic acids is 1. The highest BCUT2D eigenvalue weighted by atomic mass is 32.1. The molecule has 2 aliphatic heterocycles. The van der Waals surface area contributed by atoms with Crippen LogP contribution in [0.1, 0.15) is 30.6 Å². The van der Waals surface area contributed by atoms with Gasteiger partial charge in [-0.15, -0.1) is 11.3 Å². The quantitative estimate of drug-likeness (QED) is 0.796. The third-order valence-electron chi connectivity index (χ3n) is 4.26. The van der Waals surface area contributed by atoms with E-state index in [-0.39, 0.29) is 5.91 Å². The molecule has 0 spiro atoms. The van der Waals surface area contributed by atoms with Gasteiger partial charge in [0.05, 0.1) is 0 Å². The van der Waals surface area contributed by atoms with Crippen molar-refractivity contribution in [3.8, 4) is 0 Å². The first kappa shape index (κ1) is 13.8. The third kappa shape index (κ3) is 3.30. The summed E-state index contributed by atoms with van der Waals surface area (Å²) in [4.78, 5) is 18.1. The molecule has 3 rings (SSSR count). The van der Waals surface area contributed by atoms with E-state index >= 15 is 0 Å². The summed E-state index contributed by atoms with van der Waals surface area (Å²) in [5.41, 5.74) is 0. The van der Waals surface area contributed by atoms with Crippen molar-refractivity contribution in [1.82, 2.24) is 9.80 Å². The molecule has 1 unspecified atom stereocenters. The molecule has 0 aliphatic carbocycles. The Balaban J connectivity index is 1.58. The van der Waals surface area contributed by atoms with Gasteiger partial charge in [-0.1, -0.05) is 6.07 Å². The Morgan fingerprint density at radius 2 is 2.15 bits per heavy atom. The lowest BCUT2D eigenvalue weighted by Crippen LogP contribution is -2.41. The summed E-state index contributed by atoms with van der Waals surface area (Å²) in [7, 11) is 0. The molecule has 3 heterocycles. The highest BCUT2D eigenvalue weighted by Gasteiger charge is 2.29. The number of hydrogen-bond donors (Lipinski definition) is 0. The van der Waals surface area contributed by atoms with E-state index in [1.807, 2.05) is 23.6 Å². The van der Waals surface area contributed by atoms with Crippen LogP contribution in [0.15, 0.2) is 23.6 Å². The van der Waals surface area contributed by atoms with Crippen LogP contribution in [0.4, 0.5) is 0 Å². The van der Waals surface area contributed by atoms with E-state index in [1.165, 1.54) is 25.9 Å². The zero-order valence-corrected chi connectivity index (χ0v) is 12.6. The molecule has 2 aliphatic rings. The first-order valence-corrected chi connectivity index (χ1v) is 8.45. The Bertz CT molecular complexity index is 463. The Labute approximate surface area is 124 Å². The molecule has 2 fully saturated rings. The summed E-state index contributed by atoms with van der Waals surface area (Å²) in [6.07, 6.45) is 8.64. The molecule has 1 amide bonds. The fourth-order valence-corrected chi connectivity index (χ4v) is 3.83. The van der Waals surface area contributed by atoms with Gasteiger partial charge in [0.15, 0.2) is 0 Å². The van der Waals surface area contributed by atoms with Gasteiger partial charge in [0, 0.05) is 30.1 Å². The molecule has 0 aromatic carbocycles. The summed E-state index contributed by atoms with van der Waals surface area (Å²) in [5.74, 6) is 0.181. The average molecular weight is 290 g/mol. The molecule has 3 nitrogen and oxygen atoms in total. The minimum absolute atomic E-state index is 0.181. The maximum atomic E-state index is 12.3. The van der Waals surface area contributed by atoms with Crippen molar-refractivity contribution in [2.45, 2.75) is 31.7 Å². The molecular formula is C16H22N2OS. The Morgan fingerprint density at radius 1 is 1.30 bits per heavy atom. The maximum absolute atomic E-state index is 12.3. The fraction of sp³-hybridized carbons (Fsp3) is 0.562. The summed E-state index contributed by atoms with van der Waals surface area (Å²) in [6.45, 7) is 4.41. The fourth-order valence-electron chi connectivity index (χ4n) is 3.21. The number of hydrogen-bond acceptors (Lipinski definition) is 3. The molecule has 108 valence electrons. The second kappa shape index (κ2) is 6.55. The smallest absolute Gasteiger partial charge is 0.246 e. The standard InChI is InChI=1S/C16H22N2OS/c19-16(8-7-15-6-4-12-20-15)18-11-3-5-14(18)13-17-9-1-2-10-17/h4,6-8,12,14H,1-3,5,9-11,13H2. The van der Waals surface area contributed by atoms with Gasteiger partial charge in [0.1, 0.15) is 0 Å². The van der Waals surface area contributed by atoms with Crippen molar-refractivity contribution < 1.29 is 4.79 Å². The lowest BCUT2D eigenvalue weighted by atomic mass is 10.2. The largest absolute Gasteiger partial charge is 0.335 e. The van der Waals surface area contributed by atoms with Crippen LogP contribution < -0.4 is 0 Å². The van der Waals surface area contributed by atoms with E-state index in [9.17, 15) is 4.79 Å². The Hall–Kier alpha value is -1.13. The number of rotatable bonds is 4. The second-order valence-electron chi connectivity index (χ2n) is 5.68. The topological polar surface area (TPSA) is 23.6 Å². The van der Waals surface area contributed by atoms with Gasteiger partial charge in [-0.05, 0) is 56.3 Å². The second-order valence-corrected chi connectivity index (χ2v) is 6.66. The van der Waals surface area contributed by atoms with Crippen LogP contribution >= 0.6 is 11.3 Å². The minimum atomic E-state index is 0.181. The molecule has 20 heavy (non-hydrogen) atoms. The lowest BCUT2D eigenvalue weighted by Gasteiger charge is -2.27. The Morgan fingerprint density at radius 3 is 2.90 bits per heavy atom. The molecule has 1 aromatic rings. The summed E-state index contributed by atoms with van der Waals surface area (Å²) < 4.78 is 0. The maximum Gasteiger partial charge on any atom is 0.246 e. The highest BCUT2D eigenvalue weighted by Crippen LogP contribution is 2.21. The van der Waals surface area contributed by atoms with Gasteiger partial charge in [-0.3, -0.25) is 4.79 Å². The number of thiophene rings is 1. The summed E-state index contributed by atoms with van der Waals surface area (Å²) in [5, 5.41) is 2.04. The number of carbonyl (C=O) groups is 1. The normalized spacial score (nSPS) is 24.0. The SMILES string of the molecule is O=C(C=Cc1cccs1)N1CCCC1CN1CCCC1. The predicted octanol–water partition coefficient (Wildman–Crippen LogP) is 2.85. The third-order valence-corrected chi connectivity index (χ3v) is 5.10. The van der Waals surface area contributed by atoms with Crippen molar-refractivity contribution in [1.29, 1.82) is 0 Å². The lowest BCUT2D eigenvalue weighted by molar-refractivity contribution is -0.127.